The van der Waals surface area contributed by atoms with Gasteiger partial charge in [-0.15, -0.1) is 0 Å². The molecule has 2 nitrogen and oxygen atoms in total. The zero-order valence-corrected chi connectivity index (χ0v) is 12.7. The van der Waals surface area contributed by atoms with Crippen molar-refractivity contribution >= 4 is 28.0 Å². The molecule has 0 heterocycles. The maximum atomic E-state index is 12.6. The number of ketones is 1. The van der Waals surface area contributed by atoms with E-state index in [4.69, 9.17) is 0 Å². The molecule has 0 aliphatic carbocycles. The molecule has 0 aliphatic heterocycles. The van der Waals surface area contributed by atoms with Gasteiger partial charge in [0.05, 0.1) is 5.56 Å². The molecule has 0 fully saturated rings. The molecular formula is C16H10BrF3O2. The van der Waals surface area contributed by atoms with Gasteiger partial charge in [-0.2, -0.15) is 13.2 Å². The largest absolute Gasteiger partial charge is 0.416 e. The number of hydrogen-bond acceptors (Lipinski definition) is 2. The molecule has 0 aliphatic rings. The number of alkyl halides is 3. The summed E-state index contributed by atoms with van der Waals surface area (Å²) in [6, 6.07) is 9.12. The van der Waals surface area contributed by atoms with E-state index in [-0.39, 0.29) is 17.8 Å². The predicted molar refractivity (Wildman–Crippen MR) is 79.0 cm³/mol. The Morgan fingerprint density at radius 3 is 2.45 bits per heavy atom. The first-order chi connectivity index (χ1) is 10.3. The Hall–Kier alpha value is -1.95. The molecule has 0 spiro atoms. The molecule has 2 aromatic carbocycles. The molecule has 0 N–H and O–H groups in total. The fraction of sp³-hybridized carbons (Fsp3) is 0.125. The van der Waals surface area contributed by atoms with E-state index >= 15 is 0 Å². The molecule has 6 heteroatoms. The molecule has 22 heavy (non-hydrogen) atoms. The Balaban J connectivity index is 2.22. The van der Waals surface area contributed by atoms with Gasteiger partial charge in [-0.25, -0.2) is 0 Å². The summed E-state index contributed by atoms with van der Waals surface area (Å²) in [6.07, 6.45) is -3.93. The van der Waals surface area contributed by atoms with Gasteiger partial charge in [-0.1, -0.05) is 40.2 Å². The van der Waals surface area contributed by atoms with Crippen LogP contribution >= 0.6 is 15.9 Å². The van der Waals surface area contributed by atoms with E-state index in [1.54, 1.807) is 0 Å². The molecule has 0 atom stereocenters. The van der Waals surface area contributed by atoms with Gasteiger partial charge in [0.25, 0.3) is 0 Å². The second-order valence-electron chi connectivity index (χ2n) is 4.65. The van der Waals surface area contributed by atoms with Crippen LogP contribution in [0.1, 0.15) is 31.8 Å². The molecule has 114 valence electrons. The predicted octanol–water partition coefficient (Wildman–Crippen LogP) is 4.71. The Morgan fingerprint density at radius 2 is 1.86 bits per heavy atom. The lowest BCUT2D eigenvalue weighted by molar-refractivity contribution is -0.137. The minimum atomic E-state index is -4.44. The number of halogens is 4. The number of hydrogen-bond donors (Lipinski definition) is 0. The number of aldehydes is 1. The van der Waals surface area contributed by atoms with Crippen LogP contribution in [0, 0.1) is 0 Å². The third kappa shape index (κ3) is 3.82. The second-order valence-corrected chi connectivity index (χ2v) is 5.51. The lowest BCUT2D eigenvalue weighted by Gasteiger charge is -2.08. The lowest BCUT2D eigenvalue weighted by atomic mass is 10.0. The molecule has 0 radical (unpaired) electrons. The Morgan fingerprint density at radius 1 is 1.14 bits per heavy atom. The van der Waals surface area contributed by atoms with Gasteiger partial charge in [0.2, 0.25) is 0 Å². The highest BCUT2D eigenvalue weighted by Gasteiger charge is 2.30. The smallest absolute Gasteiger partial charge is 0.298 e. The highest BCUT2D eigenvalue weighted by molar-refractivity contribution is 9.10. The van der Waals surface area contributed by atoms with Crippen LogP contribution in [0.5, 0.6) is 0 Å². The van der Waals surface area contributed by atoms with Crippen molar-refractivity contribution in [2.45, 2.75) is 12.6 Å². The summed E-state index contributed by atoms with van der Waals surface area (Å²) < 4.78 is 38.4. The zero-order chi connectivity index (χ0) is 16.3. The third-order valence-electron chi connectivity index (χ3n) is 3.07. The van der Waals surface area contributed by atoms with Gasteiger partial charge in [0.1, 0.15) is 0 Å². The maximum Gasteiger partial charge on any atom is 0.416 e. The van der Waals surface area contributed by atoms with Crippen LogP contribution in [0.2, 0.25) is 0 Å². The molecule has 0 aromatic heterocycles. The van der Waals surface area contributed by atoms with Crippen molar-refractivity contribution in [2.75, 3.05) is 0 Å². The average molecular weight is 371 g/mol. The van der Waals surface area contributed by atoms with Gasteiger partial charge >= 0.3 is 6.18 Å². The van der Waals surface area contributed by atoms with E-state index in [1.807, 2.05) is 0 Å². The minimum absolute atomic E-state index is 0.142. The van der Waals surface area contributed by atoms with E-state index in [9.17, 15) is 22.8 Å². The Kier molecular flexibility index (Phi) is 4.81. The minimum Gasteiger partial charge on any atom is -0.298 e. The fourth-order valence-electron chi connectivity index (χ4n) is 1.94. The van der Waals surface area contributed by atoms with Gasteiger partial charge in [0.15, 0.2) is 12.1 Å². The summed E-state index contributed by atoms with van der Waals surface area (Å²) in [6.45, 7) is 0. The molecule has 0 saturated carbocycles. The summed E-state index contributed by atoms with van der Waals surface area (Å²) in [7, 11) is 0. The van der Waals surface area contributed by atoms with Gasteiger partial charge < -0.3 is 0 Å². The van der Waals surface area contributed by atoms with Crippen molar-refractivity contribution in [1.82, 2.24) is 0 Å². The lowest BCUT2D eigenvalue weighted by Crippen LogP contribution is -2.08. The van der Waals surface area contributed by atoms with E-state index < -0.39 is 11.7 Å². The van der Waals surface area contributed by atoms with E-state index in [1.165, 1.54) is 30.3 Å². The first kappa shape index (κ1) is 16.4. The summed E-state index contributed by atoms with van der Waals surface area (Å²) in [5.74, 6) is -0.322. The third-order valence-corrected chi connectivity index (χ3v) is 3.76. The van der Waals surface area contributed by atoms with Crippen LogP contribution in [-0.2, 0) is 12.6 Å². The average Bonchev–Trinajstić information content (AvgIpc) is 2.46. The number of Topliss-reactive ketones (excluding diaryl/α,β-unsaturated/α-hetero) is 1. The van der Waals surface area contributed by atoms with E-state index in [2.05, 4.69) is 15.9 Å². The molecule has 0 unspecified atom stereocenters. The molecule has 2 aromatic rings. The fourth-order valence-corrected chi connectivity index (χ4v) is 2.41. The maximum absolute atomic E-state index is 12.6. The molecule has 0 saturated heterocycles. The monoisotopic (exact) mass is 370 g/mol. The van der Waals surface area contributed by atoms with E-state index in [0.717, 1.165) is 12.1 Å². The Bertz CT molecular complexity index is 724. The Labute approximate surface area is 133 Å². The quantitative estimate of drug-likeness (QED) is 0.577. The van der Waals surface area contributed by atoms with Gasteiger partial charge in [-0.3, -0.25) is 9.59 Å². The zero-order valence-electron chi connectivity index (χ0n) is 11.2. The van der Waals surface area contributed by atoms with Crippen molar-refractivity contribution in [3.63, 3.8) is 0 Å². The number of benzene rings is 2. The van der Waals surface area contributed by atoms with Crippen LogP contribution in [-0.4, -0.2) is 12.1 Å². The topological polar surface area (TPSA) is 34.1 Å². The SMILES string of the molecule is O=Cc1ccc(C(=O)Cc2cccc(C(F)(F)F)c2)cc1Br. The summed E-state index contributed by atoms with van der Waals surface area (Å²) in [5, 5.41) is 0. The van der Waals surface area contributed by atoms with Crippen molar-refractivity contribution in [3.05, 3.63) is 69.2 Å². The number of rotatable bonds is 4. The number of carbonyl (C=O) groups is 2. The van der Waals surface area contributed by atoms with Gasteiger partial charge in [0, 0.05) is 22.0 Å². The standard InChI is InChI=1S/C16H10BrF3O2/c17-14-8-11(4-5-12(14)9-21)15(22)7-10-2-1-3-13(6-10)16(18,19)20/h1-6,8-9H,7H2. The highest BCUT2D eigenvalue weighted by Crippen LogP contribution is 2.29. The first-order valence-electron chi connectivity index (χ1n) is 6.25. The highest BCUT2D eigenvalue weighted by atomic mass is 79.9. The molecule has 0 bridgehead atoms. The van der Waals surface area contributed by atoms with Crippen molar-refractivity contribution in [2.24, 2.45) is 0 Å². The second kappa shape index (κ2) is 6.44. The first-order valence-corrected chi connectivity index (χ1v) is 7.04. The number of carbonyl (C=O) groups excluding carboxylic acids is 2. The summed E-state index contributed by atoms with van der Waals surface area (Å²) in [4.78, 5) is 22.8. The molecular weight excluding hydrogens is 361 g/mol. The van der Waals surface area contributed by atoms with Crippen LogP contribution in [0.15, 0.2) is 46.9 Å². The van der Waals surface area contributed by atoms with Crippen LogP contribution in [0.25, 0.3) is 0 Å². The summed E-state index contributed by atoms with van der Waals surface area (Å²) in [5.41, 5.74) is 0.233. The summed E-state index contributed by atoms with van der Waals surface area (Å²) >= 11 is 3.17. The van der Waals surface area contributed by atoms with Crippen LogP contribution in [0.4, 0.5) is 13.2 Å². The van der Waals surface area contributed by atoms with Crippen molar-refractivity contribution in [1.29, 1.82) is 0 Å². The van der Waals surface area contributed by atoms with Crippen molar-refractivity contribution < 1.29 is 22.8 Å². The van der Waals surface area contributed by atoms with Crippen molar-refractivity contribution in [3.8, 4) is 0 Å². The van der Waals surface area contributed by atoms with E-state index in [0.29, 0.717) is 21.9 Å². The molecule has 0 amide bonds. The molecule has 2 rings (SSSR count). The van der Waals surface area contributed by atoms with Crippen LogP contribution in [0.3, 0.4) is 0 Å². The normalized spacial score (nSPS) is 11.3. The van der Waals surface area contributed by atoms with Crippen LogP contribution < -0.4 is 0 Å². The van der Waals surface area contributed by atoms with Gasteiger partial charge in [-0.05, 0) is 23.8 Å².